The molecule has 8 heteroatoms. The molecule has 1 saturated heterocycles. The van der Waals surface area contributed by atoms with Crippen LogP contribution >= 0.6 is 11.3 Å². The number of hydrogen-bond acceptors (Lipinski definition) is 5. The van der Waals surface area contributed by atoms with Crippen LogP contribution in [0.1, 0.15) is 18.9 Å². The number of nitrogens with one attached hydrogen (secondary N) is 1. The smallest absolute Gasteiger partial charge is 0.273 e. The van der Waals surface area contributed by atoms with Crippen molar-refractivity contribution >= 4 is 43.9 Å². The van der Waals surface area contributed by atoms with E-state index >= 15 is 0 Å². The highest BCUT2D eigenvalue weighted by Crippen LogP contribution is 2.32. The lowest BCUT2D eigenvalue weighted by atomic mass is 9.85. The van der Waals surface area contributed by atoms with Crippen LogP contribution in [0.5, 0.6) is 0 Å². The van der Waals surface area contributed by atoms with Crippen LogP contribution in [0.4, 0.5) is 0 Å². The SMILES string of the molecule is CC1(C(=O)NS(=O)(=O)c2cccs2)CCN1C(=O)Cc1cccc2ccccc12. The van der Waals surface area contributed by atoms with E-state index in [4.69, 9.17) is 0 Å². The molecule has 6 nitrogen and oxygen atoms in total. The second-order valence-corrected chi connectivity index (χ2v) is 10.1. The largest absolute Gasteiger partial charge is 0.328 e. The molecule has 1 aliphatic heterocycles. The van der Waals surface area contributed by atoms with E-state index in [1.165, 1.54) is 11.0 Å². The van der Waals surface area contributed by atoms with Crippen molar-refractivity contribution in [1.82, 2.24) is 9.62 Å². The summed E-state index contributed by atoms with van der Waals surface area (Å²) >= 11 is 1.03. The molecule has 1 N–H and O–H groups in total. The van der Waals surface area contributed by atoms with Crippen LogP contribution < -0.4 is 4.72 Å². The van der Waals surface area contributed by atoms with Crippen LogP contribution in [0.3, 0.4) is 0 Å². The number of amides is 2. The topological polar surface area (TPSA) is 83.6 Å². The van der Waals surface area contributed by atoms with E-state index in [9.17, 15) is 18.0 Å². The van der Waals surface area contributed by atoms with Crippen molar-refractivity contribution in [1.29, 1.82) is 0 Å². The number of rotatable bonds is 5. The van der Waals surface area contributed by atoms with E-state index in [0.29, 0.717) is 13.0 Å². The number of sulfonamides is 1. The van der Waals surface area contributed by atoms with E-state index in [1.54, 1.807) is 18.4 Å². The fourth-order valence-corrected chi connectivity index (χ4v) is 5.67. The zero-order valence-corrected chi connectivity index (χ0v) is 17.4. The molecule has 1 atom stereocenters. The number of carbonyl (C=O) groups is 2. The Labute approximate surface area is 173 Å². The second kappa shape index (κ2) is 7.27. The maximum absolute atomic E-state index is 13.0. The number of nitrogens with zero attached hydrogens (tertiary/aromatic N) is 1. The maximum Gasteiger partial charge on any atom is 0.273 e. The van der Waals surface area contributed by atoms with Crippen LogP contribution in [0.2, 0.25) is 0 Å². The first-order valence-corrected chi connectivity index (χ1v) is 11.6. The lowest BCUT2D eigenvalue weighted by Gasteiger charge is -2.49. The Morgan fingerprint density at radius 1 is 1.10 bits per heavy atom. The molecule has 1 aromatic heterocycles. The van der Waals surface area contributed by atoms with Crippen molar-refractivity contribution in [2.45, 2.75) is 29.5 Å². The van der Waals surface area contributed by atoms with Crippen molar-refractivity contribution < 1.29 is 18.0 Å². The Balaban J connectivity index is 1.52. The molecular weight excluding hydrogens is 408 g/mol. The number of hydrogen-bond donors (Lipinski definition) is 1. The van der Waals surface area contributed by atoms with Gasteiger partial charge in [0.15, 0.2) is 0 Å². The van der Waals surface area contributed by atoms with Gasteiger partial charge in [-0.05, 0) is 41.1 Å². The molecule has 2 heterocycles. The van der Waals surface area contributed by atoms with Crippen LogP contribution in [0, 0.1) is 0 Å². The van der Waals surface area contributed by atoms with Gasteiger partial charge in [-0.25, -0.2) is 13.1 Å². The first-order valence-electron chi connectivity index (χ1n) is 9.19. The fraction of sp³-hybridized carbons (Fsp3) is 0.238. The van der Waals surface area contributed by atoms with Gasteiger partial charge in [0.2, 0.25) is 5.91 Å². The Morgan fingerprint density at radius 2 is 1.86 bits per heavy atom. The average molecular weight is 429 g/mol. The van der Waals surface area contributed by atoms with Crippen LogP contribution in [-0.2, 0) is 26.0 Å². The van der Waals surface area contributed by atoms with Crippen molar-refractivity contribution in [3.63, 3.8) is 0 Å². The molecular formula is C21H20N2O4S2. The van der Waals surface area contributed by atoms with Crippen molar-refractivity contribution in [2.75, 3.05) is 6.54 Å². The molecule has 0 radical (unpaired) electrons. The Hall–Kier alpha value is -2.71. The normalized spacial score (nSPS) is 19.0. The van der Waals surface area contributed by atoms with Gasteiger partial charge in [-0.1, -0.05) is 48.5 Å². The average Bonchev–Trinajstić information content (AvgIpc) is 3.22. The number of carbonyl (C=O) groups excluding carboxylic acids is 2. The van der Waals surface area contributed by atoms with E-state index in [-0.39, 0.29) is 16.5 Å². The Kier molecular flexibility index (Phi) is 4.92. The van der Waals surface area contributed by atoms with Gasteiger partial charge in [-0.3, -0.25) is 9.59 Å². The lowest BCUT2D eigenvalue weighted by Crippen LogP contribution is -2.68. The monoisotopic (exact) mass is 428 g/mol. The number of fused-ring (bicyclic) bond motifs is 1. The second-order valence-electron chi connectivity index (χ2n) is 7.25. The predicted octanol–water partition coefficient (Wildman–Crippen LogP) is 2.94. The molecule has 0 saturated carbocycles. The molecule has 2 amide bonds. The number of thiophene rings is 1. The first-order chi connectivity index (χ1) is 13.8. The molecule has 4 rings (SSSR count). The van der Waals surface area contributed by atoms with Gasteiger partial charge in [-0.2, -0.15) is 0 Å². The molecule has 2 aromatic carbocycles. The molecule has 1 unspecified atom stereocenters. The standard InChI is InChI=1S/C21H20N2O4S2/c1-21(20(25)22-29(26,27)19-10-5-13-28-19)11-12-23(21)18(24)14-16-8-4-7-15-6-2-3-9-17(15)16/h2-10,13H,11-12,14H2,1H3,(H,22,25). The molecule has 1 fully saturated rings. The van der Waals surface area contributed by atoms with Gasteiger partial charge in [0.05, 0.1) is 6.42 Å². The van der Waals surface area contributed by atoms with E-state index in [2.05, 4.69) is 4.72 Å². The van der Waals surface area contributed by atoms with Crippen molar-refractivity contribution in [3.05, 3.63) is 65.5 Å². The van der Waals surface area contributed by atoms with Crippen LogP contribution in [0.15, 0.2) is 64.2 Å². The number of benzene rings is 2. The molecule has 0 bridgehead atoms. The summed E-state index contributed by atoms with van der Waals surface area (Å²) in [7, 11) is -3.93. The third kappa shape index (κ3) is 3.54. The van der Waals surface area contributed by atoms with Crippen LogP contribution in [0.25, 0.3) is 10.8 Å². The van der Waals surface area contributed by atoms with Crippen molar-refractivity contribution in [2.24, 2.45) is 0 Å². The maximum atomic E-state index is 13.0. The fourth-order valence-electron chi connectivity index (χ4n) is 3.60. The van der Waals surface area contributed by atoms with Gasteiger partial charge < -0.3 is 4.90 Å². The third-order valence-corrected chi connectivity index (χ3v) is 8.15. The zero-order valence-electron chi connectivity index (χ0n) is 15.8. The highest BCUT2D eigenvalue weighted by molar-refractivity contribution is 7.92. The summed E-state index contributed by atoms with van der Waals surface area (Å²) in [5.74, 6) is -0.873. The summed E-state index contributed by atoms with van der Waals surface area (Å²) < 4.78 is 27.0. The van der Waals surface area contributed by atoms with Gasteiger partial charge in [0.25, 0.3) is 15.9 Å². The molecule has 29 heavy (non-hydrogen) atoms. The summed E-state index contributed by atoms with van der Waals surface area (Å²) in [5, 5.41) is 3.67. The minimum absolute atomic E-state index is 0.0717. The summed E-state index contributed by atoms with van der Waals surface area (Å²) in [4.78, 5) is 27.2. The summed E-state index contributed by atoms with van der Waals surface area (Å²) in [6, 6.07) is 16.7. The summed E-state index contributed by atoms with van der Waals surface area (Å²) in [6.07, 6.45) is 0.571. The molecule has 3 aromatic rings. The molecule has 150 valence electrons. The highest BCUT2D eigenvalue weighted by Gasteiger charge is 2.50. The number of likely N-dealkylation sites (tertiary alicyclic amines) is 1. The molecule has 1 aliphatic rings. The van der Waals surface area contributed by atoms with Crippen LogP contribution in [-0.4, -0.2) is 37.2 Å². The third-order valence-electron chi connectivity index (χ3n) is 5.42. The van der Waals surface area contributed by atoms with Gasteiger partial charge in [0.1, 0.15) is 9.75 Å². The minimum atomic E-state index is -3.93. The highest BCUT2D eigenvalue weighted by atomic mass is 32.2. The Bertz CT molecular complexity index is 1180. The van der Waals surface area contributed by atoms with E-state index < -0.39 is 21.5 Å². The quantitative estimate of drug-likeness (QED) is 0.677. The molecule has 0 aliphatic carbocycles. The summed E-state index contributed by atoms with van der Waals surface area (Å²) in [5.41, 5.74) is -0.291. The lowest BCUT2D eigenvalue weighted by molar-refractivity contribution is -0.156. The first kappa shape index (κ1) is 19.6. The van der Waals surface area contributed by atoms with E-state index in [1.807, 2.05) is 42.5 Å². The van der Waals surface area contributed by atoms with Gasteiger partial charge in [0, 0.05) is 6.54 Å². The summed E-state index contributed by atoms with van der Waals surface area (Å²) in [6.45, 7) is 2.03. The van der Waals surface area contributed by atoms with Crippen molar-refractivity contribution in [3.8, 4) is 0 Å². The van der Waals surface area contributed by atoms with E-state index in [0.717, 1.165) is 27.7 Å². The minimum Gasteiger partial charge on any atom is -0.328 e. The predicted molar refractivity (Wildman–Crippen MR) is 112 cm³/mol. The zero-order chi connectivity index (χ0) is 20.6. The van der Waals surface area contributed by atoms with Gasteiger partial charge >= 0.3 is 0 Å². The van der Waals surface area contributed by atoms with Gasteiger partial charge in [-0.15, -0.1) is 11.3 Å². The Morgan fingerprint density at radius 3 is 2.55 bits per heavy atom. The molecule has 0 spiro atoms.